The van der Waals surface area contributed by atoms with Crippen LogP contribution in [0.3, 0.4) is 0 Å². The number of ether oxygens (including phenoxy) is 2. The minimum absolute atomic E-state index is 0.0274. The highest BCUT2D eigenvalue weighted by atomic mass is 16.5. The second-order valence-corrected chi connectivity index (χ2v) is 16.1. The number of rotatable bonds is 0. The number of cyclic esters (lactones) is 2. The first-order valence-electron chi connectivity index (χ1n) is 24.0. The molecule has 4 aliphatic rings. The zero-order valence-electron chi connectivity index (χ0n) is 36.9. The molecule has 0 saturated heterocycles. The van der Waals surface area contributed by atoms with Crippen molar-refractivity contribution >= 4 is 23.8 Å². The van der Waals surface area contributed by atoms with Crippen LogP contribution in [0.15, 0.2) is 48.6 Å². The Morgan fingerprint density at radius 2 is 0.552 bits per heavy atom. The van der Waals surface area contributed by atoms with Gasteiger partial charge in [0.25, 0.3) is 0 Å². The van der Waals surface area contributed by atoms with Crippen LogP contribution in [-0.4, -0.2) is 50.1 Å². The summed E-state index contributed by atoms with van der Waals surface area (Å²) in [6.07, 6.45) is 55.6. The second kappa shape index (κ2) is 43.4. The lowest BCUT2D eigenvalue weighted by Gasteiger charge is -2.04. The molecule has 0 radical (unpaired) electrons. The lowest BCUT2D eigenvalue weighted by molar-refractivity contribution is -0.144. The SMILES string of the molecule is O=C1CCCCCCC/C=C\CCN1.O=C1CCCCCCC/C=C\CCO1.O=C1CCCCCCCC/C=C\CCN1.O=C1CCCCCCCC/C=C\CCO1. The van der Waals surface area contributed by atoms with Crippen LogP contribution in [0.1, 0.15) is 218 Å². The Kier molecular flexibility index (Phi) is 39.6. The largest absolute Gasteiger partial charge is 0.465 e. The van der Waals surface area contributed by atoms with Gasteiger partial charge < -0.3 is 20.1 Å². The zero-order valence-corrected chi connectivity index (χ0v) is 36.9. The maximum atomic E-state index is 11.3. The van der Waals surface area contributed by atoms with E-state index in [1.807, 2.05) is 0 Å². The zero-order chi connectivity index (χ0) is 41.7. The van der Waals surface area contributed by atoms with Crippen molar-refractivity contribution in [2.75, 3.05) is 26.3 Å². The number of carbonyl (C=O) groups is 4. The molecule has 0 spiro atoms. The molecule has 0 aromatic heterocycles. The smallest absolute Gasteiger partial charge is 0.305 e. The van der Waals surface area contributed by atoms with Gasteiger partial charge in [-0.2, -0.15) is 0 Å². The number of nitrogens with one attached hydrogen (secondary N) is 2. The molecular weight excluding hydrogens is 725 g/mol. The maximum Gasteiger partial charge on any atom is 0.305 e. The van der Waals surface area contributed by atoms with Crippen molar-refractivity contribution in [2.24, 2.45) is 0 Å². The fourth-order valence-corrected chi connectivity index (χ4v) is 6.97. The van der Waals surface area contributed by atoms with Gasteiger partial charge in [0.1, 0.15) is 0 Å². The highest BCUT2D eigenvalue weighted by molar-refractivity contribution is 5.76. The van der Waals surface area contributed by atoms with Crippen LogP contribution in [0, 0.1) is 0 Å². The van der Waals surface area contributed by atoms with Gasteiger partial charge in [-0.05, 0) is 103 Å². The molecule has 4 aliphatic heterocycles. The summed E-state index contributed by atoms with van der Waals surface area (Å²) in [5.74, 6) is 0.385. The average molecular weight is 811 g/mol. The molecule has 8 nitrogen and oxygen atoms in total. The molecule has 58 heavy (non-hydrogen) atoms. The fourth-order valence-electron chi connectivity index (χ4n) is 6.97. The molecule has 0 unspecified atom stereocenters. The summed E-state index contributed by atoms with van der Waals surface area (Å²) < 4.78 is 10.2. The number of hydrogen-bond acceptors (Lipinski definition) is 6. The summed E-state index contributed by atoms with van der Waals surface area (Å²) in [5.41, 5.74) is 0. The van der Waals surface area contributed by atoms with Gasteiger partial charge in [-0.1, -0.05) is 138 Å². The molecule has 0 bridgehead atoms. The predicted octanol–water partition coefficient (Wildman–Crippen LogP) is 12.8. The lowest BCUT2D eigenvalue weighted by Crippen LogP contribution is -2.23. The summed E-state index contributed by atoms with van der Waals surface area (Å²) in [6, 6.07) is 0. The third kappa shape index (κ3) is 41.0. The maximum absolute atomic E-state index is 11.3. The first-order valence-corrected chi connectivity index (χ1v) is 24.0. The highest BCUT2D eigenvalue weighted by Crippen LogP contribution is 2.13. The van der Waals surface area contributed by atoms with E-state index in [0.29, 0.717) is 38.9 Å². The molecule has 4 rings (SSSR count). The van der Waals surface area contributed by atoms with Crippen molar-refractivity contribution in [1.82, 2.24) is 10.6 Å². The summed E-state index contributed by atoms with van der Waals surface area (Å²) in [4.78, 5) is 44.9. The van der Waals surface area contributed by atoms with Crippen LogP contribution in [0.5, 0.6) is 0 Å². The molecule has 0 aliphatic carbocycles. The van der Waals surface area contributed by atoms with Crippen molar-refractivity contribution in [2.45, 2.75) is 218 Å². The van der Waals surface area contributed by atoms with Crippen LogP contribution in [0.4, 0.5) is 0 Å². The van der Waals surface area contributed by atoms with Gasteiger partial charge in [0.15, 0.2) is 0 Å². The number of esters is 2. The molecule has 8 heteroatoms. The van der Waals surface area contributed by atoms with Crippen LogP contribution in [0.2, 0.25) is 0 Å². The van der Waals surface area contributed by atoms with E-state index in [1.54, 1.807) is 0 Å². The molecule has 4 heterocycles. The molecule has 332 valence electrons. The molecule has 0 atom stereocenters. The molecule has 2 amide bonds. The Morgan fingerprint density at radius 1 is 0.293 bits per heavy atom. The molecule has 0 aromatic rings. The normalized spacial score (nSPS) is 23.9. The van der Waals surface area contributed by atoms with Gasteiger partial charge >= 0.3 is 11.9 Å². The van der Waals surface area contributed by atoms with Crippen molar-refractivity contribution in [3.63, 3.8) is 0 Å². The van der Waals surface area contributed by atoms with E-state index in [2.05, 4.69) is 59.2 Å². The minimum Gasteiger partial charge on any atom is -0.465 e. The van der Waals surface area contributed by atoms with Gasteiger partial charge in [0, 0.05) is 38.8 Å². The quantitative estimate of drug-likeness (QED) is 0.186. The average Bonchev–Trinajstić information content (AvgIpc) is 3.26. The first-order chi connectivity index (χ1) is 28.6. The van der Waals surface area contributed by atoms with Crippen LogP contribution >= 0.6 is 0 Å². The van der Waals surface area contributed by atoms with E-state index in [4.69, 9.17) is 9.47 Å². The third-order valence-corrected chi connectivity index (χ3v) is 10.6. The lowest BCUT2D eigenvalue weighted by atomic mass is 10.1. The predicted molar refractivity (Wildman–Crippen MR) is 241 cm³/mol. The van der Waals surface area contributed by atoms with Crippen molar-refractivity contribution in [3.05, 3.63) is 48.6 Å². The van der Waals surface area contributed by atoms with Crippen LogP contribution in [-0.2, 0) is 28.7 Å². The fraction of sp³-hybridized carbons (Fsp3) is 0.760. The van der Waals surface area contributed by atoms with E-state index in [-0.39, 0.29) is 23.8 Å². The first kappa shape index (κ1) is 52.9. The Hall–Kier alpha value is -3.16. The number of carbonyl (C=O) groups excluding carboxylic acids is 4. The Morgan fingerprint density at radius 3 is 0.897 bits per heavy atom. The van der Waals surface area contributed by atoms with E-state index in [9.17, 15) is 19.2 Å². The number of allylic oxidation sites excluding steroid dienone is 4. The second-order valence-electron chi connectivity index (χ2n) is 16.1. The monoisotopic (exact) mass is 811 g/mol. The van der Waals surface area contributed by atoms with Gasteiger partial charge in [-0.15, -0.1) is 0 Å². The minimum atomic E-state index is -0.0300. The summed E-state index contributed by atoms with van der Waals surface area (Å²) in [6.45, 7) is 2.70. The van der Waals surface area contributed by atoms with Crippen LogP contribution in [0.25, 0.3) is 0 Å². The van der Waals surface area contributed by atoms with E-state index < -0.39 is 0 Å². The van der Waals surface area contributed by atoms with Gasteiger partial charge in [-0.3, -0.25) is 19.2 Å². The topological polar surface area (TPSA) is 111 Å². The van der Waals surface area contributed by atoms with E-state index in [0.717, 1.165) is 64.5 Å². The van der Waals surface area contributed by atoms with Crippen molar-refractivity contribution in [3.8, 4) is 0 Å². The molecule has 2 N–H and O–H groups in total. The van der Waals surface area contributed by atoms with Gasteiger partial charge in [0.05, 0.1) is 13.2 Å². The Bertz CT molecular complexity index is 1030. The molecule has 0 saturated carbocycles. The van der Waals surface area contributed by atoms with E-state index >= 15 is 0 Å². The standard InChI is InChI=1S/C13H23NO.C13H22O2.C12H21NO.C12H20O2/c15-13-11-9-7-5-3-1-2-4-6-8-10-12-14-13;14-13-11-9-7-5-3-1-2-4-6-8-10-12-15-13;14-12-10-8-6-4-2-1-3-5-7-9-11-13-12;13-12-10-8-6-4-2-1-3-5-7-9-11-14-12/h6,8H,1-5,7,9-12H2,(H,14,15);6,8H,1-5,7,9-12H2;5,7H,1-4,6,8-11H2,(H,13,14);5,7H,1-4,6,8-11H2/b2*8-6-;2*7-5-. The Balaban J connectivity index is 0.000000387. The van der Waals surface area contributed by atoms with Crippen molar-refractivity contribution < 1.29 is 28.7 Å². The van der Waals surface area contributed by atoms with Crippen molar-refractivity contribution in [1.29, 1.82) is 0 Å². The molecular formula is C50H86N2O6. The third-order valence-electron chi connectivity index (χ3n) is 10.6. The summed E-state index contributed by atoms with van der Waals surface area (Å²) in [5, 5.41) is 5.88. The summed E-state index contributed by atoms with van der Waals surface area (Å²) in [7, 11) is 0. The number of amides is 2. The number of hydrogen-bond donors (Lipinski definition) is 2. The van der Waals surface area contributed by atoms with E-state index in [1.165, 1.54) is 141 Å². The van der Waals surface area contributed by atoms with Crippen LogP contribution < -0.4 is 10.6 Å². The van der Waals surface area contributed by atoms with Gasteiger partial charge in [-0.25, -0.2) is 0 Å². The Labute approximate surface area is 355 Å². The van der Waals surface area contributed by atoms with Gasteiger partial charge in [0.2, 0.25) is 11.8 Å². The molecule has 0 aromatic carbocycles. The molecule has 0 fully saturated rings. The summed E-state index contributed by atoms with van der Waals surface area (Å²) >= 11 is 0. The highest BCUT2D eigenvalue weighted by Gasteiger charge is 2.04.